The van der Waals surface area contributed by atoms with Crippen molar-refractivity contribution in [3.8, 4) is 11.5 Å². The second kappa shape index (κ2) is 6.17. The summed E-state index contributed by atoms with van der Waals surface area (Å²) in [5.41, 5.74) is 7.84. The molecule has 1 atom stereocenters. The smallest absolute Gasteiger partial charge is 0.148 e. The highest BCUT2D eigenvalue weighted by Gasteiger charge is 2.09. The van der Waals surface area contributed by atoms with Gasteiger partial charge in [-0.25, -0.2) is 0 Å². The van der Waals surface area contributed by atoms with Gasteiger partial charge < -0.3 is 10.5 Å². The predicted molar refractivity (Wildman–Crippen MR) is 80.5 cm³/mol. The van der Waals surface area contributed by atoms with Crippen molar-refractivity contribution in [3.05, 3.63) is 52.3 Å². The normalized spacial score (nSPS) is 12.2. The summed E-state index contributed by atoms with van der Waals surface area (Å²) < 4.78 is 6.96. The standard InChI is InChI=1S/C15H17BrN2O/c1-10(17)8-12-5-6-13(16)9-15(12)19-14-4-3-7-18-11(14)2/h3-7,9-10H,8,17H2,1-2H3. The van der Waals surface area contributed by atoms with Crippen LogP contribution >= 0.6 is 15.9 Å². The number of rotatable bonds is 4. The molecule has 0 fully saturated rings. The molecule has 1 aromatic carbocycles. The van der Waals surface area contributed by atoms with Crippen molar-refractivity contribution >= 4 is 15.9 Å². The maximum atomic E-state index is 5.97. The minimum atomic E-state index is 0.0959. The van der Waals surface area contributed by atoms with Crippen LogP contribution in [0.1, 0.15) is 18.2 Å². The lowest BCUT2D eigenvalue weighted by atomic mass is 10.1. The van der Waals surface area contributed by atoms with Crippen molar-refractivity contribution < 1.29 is 4.74 Å². The molecule has 0 saturated heterocycles. The zero-order valence-corrected chi connectivity index (χ0v) is 12.6. The molecule has 0 aliphatic heterocycles. The Balaban J connectivity index is 2.33. The van der Waals surface area contributed by atoms with Gasteiger partial charge in [0.2, 0.25) is 0 Å². The number of hydrogen-bond acceptors (Lipinski definition) is 3. The van der Waals surface area contributed by atoms with E-state index in [1.807, 2.05) is 44.2 Å². The molecule has 1 unspecified atom stereocenters. The summed E-state index contributed by atoms with van der Waals surface area (Å²) in [5.74, 6) is 1.59. The summed E-state index contributed by atoms with van der Waals surface area (Å²) in [4.78, 5) is 4.23. The first-order valence-corrected chi connectivity index (χ1v) is 6.99. The van der Waals surface area contributed by atoms with E-state index >= 15 is 0 Å². The largest absolute Gasteiger partial charge is 0.455 e. The summed E-state index contributed by atoms with van der Waals surface area (Å²) in [5, 5.41) is 0. The molecule has 100 valence electrons. The Labute approximate surface area is 121 Å². The molecule has 0 aliphatic rings. The average molecular weight is 321 g/mol. The van der Waals surface area contributed by atoms with Gasteiger partial charge in [-0.15, -0.1) is 0 Å². The van der Waals surface area contributed by atoms with E-state index in [-0.39, 0.29) is 6.04 Å². The minimum Gasteiger partial charge on any atom is -0.455 e. The van der Waals surface area contributed by atoms with Gasteiger partial charge in [0.1, 0.15) is 11.5 Å². The molecule has 0 aliphatic carbocycles. The molecule has 2 aromatic rings. The molecule has 1 heterocycles. The van der Waals surface area contributed by atoms with E-state index in [9.17, 15) is 0 Å². The molecule has 2 rings (SSSR count). The van der Waals surface area contributed by atoms with Crippen LogP contribution in [0.4, 0.5) is 0 Å². The van der Waals surface area contributed by atoms with Gasteiger partial charge in [-0.1, -0.05) is 22.0 Å². The van der Waals surface area contributed by atoms with Crippen molar-refractivity contribution in [2.45, 2.75) is 26.3 Å². The fourth-order valence-electron chi connectivity index (χ4n) is 1.83. The molecule has 0 radical (unpaired) electrons. The number of hydrogen-bond donors (Lipinski definition) is 1. The summed E-state index contributed by atoms with van der Waals surface area (Å²) in [6, 6.07) is 9.88. The molecule has 1 aromatic heterocycles. The number of aryl methyl sites for hydroxylation is 1. The number of aromatic nitrogens is 1. The monoisotopic (exact) mass is 320 g/mol. The molecular formula is C15H17BrN2O. The SMILES string of the molecule is Cc1ncccc1Oc1cc(Br)ccc1CC(C)N. The van der Waals surface area contributed by atoms with Crippen LogP contribution in [0.2, 0.25) is 0 Å². The van der Waals surface area contributed by atoms with Crippen LogP contribution in [0.5, 0.6) is 11.5 Å². The topological polar surface area (TPSA) is 48.1 Å². The number of ether oxygens (including phenoxy) is 1. The van der Waals surface area contributed by atoms with Crippen LogP contribution in [-0.2, 0) is 6.42 Å². The maximum Gasteiger partial charge on any atom is 0.148 e. The molecule has 19 heavy (non-hydrogen) atoms. The number of nitrogens with zero attached hydrogens (tertiary/aromatic N) is 1. The zero-order valence-electron chi connectivity index (χ0n) is 11.1. The minimum absolute atomic E-state index is 0.0959. The van der Waals surface area contributed by atoms with Crippen LogP contribution in [0, 0.1) is 6.92 Å². The van der Waals surface area contributed by atoms with E-state index in [2.05, 4.69) is 20.9 Å². The van der Waals surface area contributed by atoms with E-state index < -0.39 is 0 Å². The third-order valence-electron chi connectivity index (χ3n) is 2.75. The van der Waals surface area contributed by atoms with Crippen molar-refractivity contribution in [1.82, 2.24) is 4.98 Å². The van der Waals surface area contributed by atoms with Gasteiger partial charge in [0.25, 0.3) is 0 Å². The van der Waals surface area contributed by atoms with E-state index in [0.29, 0.717) is 0 Å². The predicted octanol–water partition coefficient (Wildman–Crippen LogP) is 3.83. The number of benzene rings is 1. The number of pyridine rings is 1. The Morgan fingerprint density at radius 3 is 2.79 bits per heavy atom. The zero-order chi connectivity index (χ0) is 13.8. The Kier molecular flexibility index (Phi) is 4.56. The van der Waals surface area contributed by atoms with Crippen molar-refractivity contribution in [2.24, 2.45) is 5.73 Å². The lowest BCUT2D eigenvalue weighted by Crippen LogP contribution is -2.18. The lowest BCUT2D eigenvalue weighted by molar-refractivity contribution is 0.467. The Bertz CT molecular complexity index is 570. The Hall–Kier alpha value is -1.39. The van der Waals surface area contributed by atoms with Gasteiger partial charge in [0.15, 0.2) is 0 Å². The van der Waals surface area contributed by atoms with E-state index in [0.717, 1.165) is 33.6 Å². The molecule has 0 saturated carbocycles. The van der Waals surface area contributed by atoms with E-state index in [1.54, 1.807) is 6.20 Å². The van der Waals surface area contributed by atoms with Gasteiger partial charge in [-0.2, -0.15) is 0 Å². The molecule has 0 spiro atoms. The Morgan fingerprint density at radius 1 is 1.32 bits per heavy atom. The highest BCUT2D eigenvalue weighted by molar-refractivity contribution is 9.10. The average Bonchev–Trinajstić information content (AvgIpc) is 2.35. The third-order valence-corrected chi connectivity index (χ3v) is 3.24. The summed E-state index contributed by atoms with van der Waals surface area (Å²) in [6.07, 6.45) is 2.54. The number of halogens is 1. The molecular weight excluding hydrogens is 304 g/mol. The third kappa shape index (κ3) is 3.78. The van der Waals surface area contributed by atoms with Crippen LogP contribution in [0.3, 0.4) is 0 Å². The van der Waals surface area contributed by atoms with Gasteiger partial charge in [-0.05, 0) is 50.1 Å². The van der Waals surface area contributed by atoms with Gasteiger partial charge in [0, 0.05) is 16.7 Å². The van der Waals surface area contributed by atoms with Gasteiger partial charge >= 0.3 is 0 Å². The van der Waals surface area contributed by atoms with Crippen LogP contribution in [0.25, 0.3) is 0 Å². The first kappa shape index (κ1) is 14.0. The highest BCUT2D eigenvalue weighted by Crippen LogP contribution is 2.30. The summed E-state index contributed by atoms with van der Waals surface area (Å²) >= 11 is 3.47. The van der Waals surface area contributed by atoms with E-state index in [4.69, 9.17) is 10.5 Å². The molecule has 3 nitrogen and oxygen atoms in total. The van der Waals surface area contributed by atoms with Crippen molar-refractivity contribution in [1.29, 1.82) is 0 Å². The molecule has 4 heteroatoms. The van der Waals surface area contributed by atoms with Crippen LogP contribution < -0.4 is 10.5 Å². The van der Waals surface area contributed by atoms with Crippen LogP contribution in [-0.4, -0.2) is 11.0 Å². The van der Waals surface area contributed by atoms with Gasteiger partial charge in [-0.3, -0.25) is 4.98 Å². The second-order valence-corrected chi connectivity index (χ2v) is 5.54. The van der Waals surface area contributed by atoms with Crippen molar-refractivity contribution in [3.63, 3.8) is 0 Å². The summed E-state index contributed by atoms with van der Waals surface area (Å²) in [6.45, 7) is 3.92. The second-order valence-electron chi connectivity index (χ2n) is 4.62. The first-order chi connectivity index (χ1) is 9.06. The number of nitrogens with two attached hydrogens (primary N) is 1. The highest BCUT2D eigenvalue weighted by atomic mass is 79.9. The van der Waals surface area contributed by atoms with E-state index in [1.165, 1.54) is 0 Å². The quantitative estimate of drug-likeness (QED) is 0.931. The molecule has 0 amide bonds. The maximum absolute atomic E-state index is 5.97. The lowest BCUT2D eigenvalue weighted by Gasteiger charge is -2.14. The van der Waals surface area contributed by atoms with Crippen LogP contribution in [0.15, 0.2) is 41.0 Å². The first-order valence-electron chi connectivity index (χ1n) is 6.19. The fourth-order valence-corrected chi connectivity index (χ4v) is 2.17. The van der Waals surface area contributed by atoms with Crippen molar-refractivity contribution in [2.75, 3.05) is 0 Å². The fraction of sp³-hybridized carbons (Fsp3) is 0.267. The molecule has 0 bridgehead atoms. The summed E-state index contributed by atoms with van der Waals surface area (Å²) in [7, 11) is 0. The Morgan fingerprint density at radius 2 is 2.11 bits per heavy atom. The molecule has 2 N–H and O–H groups in total. The van der Waals surface area contributed by atoms with Gasteiger partial charge in [0.05, 0.1) is 5.69 Å².